The zero-order chi connectivity index (χ0) is 10.7. The first-order valence-electron chi connectivity index (χ1n) is 5.02. The van der Waals surface area contributed by atoms with E-state index in [4.69, 9.17) is 4.74 Å². The number of ether oxygens (including phenoxy) is 1. The predicted molar refractivity (Wildman–Crippen MR) is 54.8 cm³/mol. The van der Waals surface area contributed by atoms with Crippen molar-refractivity contribution in [2.45, 2.75) is 19.1 Å². The number of β-amino-alcohol motifs (C(OH)–C–C–N with tert-alkyl or cyclic N) is 2. The highest BCUT2D eigenvalue weighted by Crippen LogP contribution is 2.11. The third kappa shape index (κ3) is 3.00. The van der Waals surface area contributed by atoms with Gasteiger partial charge in [-0.05, 0) is 5.56 Å². The number of aliphatic hydroxyl groups is 2. The topological polar surface area (TPSA) is 52.9 Å². The number of hydrogen-bond acceptors (Lipinski definition) is 4. The Morgan fingerprint density at radius 1 is 1.13 bits per heavy atom. The molecule has 0 saturated carbocycles. The molecule has 0 bridgehead atoms. The number of aliphatic hydroxyl groups excluding tert-OH is 2. The van der Waals surface area contributed by atoms with E-state index in [1.807, 2.05) is 35.2 Å². The smallest absolute Gasteiger partial charge is 0.170 e. The van der Waals surface area contributed by atoms with Crippen molar-refractivity contribution in [2.24, 2.45) is 0 Å². The van der Waals surface area contributed by atoms with Crippen molar-refractivity contribution in [2.75, 3.05) is 13.1 Å². The monoisotopic (exact) mass is 209 g/mol. The fourth-order valence-electron chi connectivity index (χ4n) is 1.75. The maximum atomic E-state index is 9.30. The van der Waals surface area contributed by atoms with E-state index in [0.29, 0.717) is 13.1 Å². The van der Waals surface area contributed by atoms with Crippen LogP contribution in [-0.2, 0) is 11.3 Å². The molecule has 0 aliphatic carbocycles. The normalized spacial score (nSPS) is 27.9. The first-order chi connectivity index (χ1) is 7.24. The van der Waals surface area contributed by atoms with Gasteiger partial charge in [0.25, 0.3) is 0 Å². The lowest BCUT2D eigenvalue weighted by atomic mass is 10.2. The average molecular weight is 209 g/mol. The van der Waals surface area contributed by atoms with Gasteiger partial charge in [-0.25, -0.2) is 0 Å². The minimum atomic E-state index is -0.891. The molecule has 4 heteroatoms. The van der Waals surface area contributed by atoms with Crippen LogP contribution in [0.25, 0.3) is 0 Å². The fourth-order valence-corrected chi connectivity index (χ4v) is 1.75. The van der Waals surface area contributed by atoms with Crippen LogP contribution in [0, 0.1) is 0 Å². The number of nitrogens with zero attached hydrogens (tertiary/aromatic N) is 1. The summed E-state index contributed by atoms with van der Waals surface area (Å²) in [6, 6.07) is 9.96. The van der Waals surface area contributed by atoms with Crippen LogP contribution in [-0.4, -0.2) is 40.8 Å². The summed E-state index contributed by atoms with van der Waals surface area (Å²) in [5.41, 5.74) is 1.17. The third-order valence-electron chi connectivity index (χ3n) is 2.39. The standard InChI is InChI=1S/C11H15NO3/c13-10-7-12(8-11(14)15-10)6-9-4-2-1-3-5-9/h1-5,10-11,13-14H,6-8H2/t10-,11+. The van der Waals surface area contributed by atoms with Crippen LogP contribution in [0.2, 0.25) is 0 Å². The molecule has 1 aromatic rings. The van der Waals surface area contributed by atoms with Gasteiger partial charge in [0.05, 0.1) is 0 Å². The van der Waals surface area contributed by atoms with Gasteiger partial charge in [0.2, 0.25) is 0 Å². The molecule has 2 atom stereocenters. The molecule has 0 aromatic heterocycles. The summed E-state index contributed by atoms with van der Waals surface area (Å²) in [5, 5.41) is 18.6. The van der Waals surface area contributed by atoms with Crippen molar-refractivity contribution in [1.29, 1.82) is 0 Å². The quantitative estimate of drug-likeness (QED) is 0.728. The van der Waals surface area contributed by atoms with Gasteiger partial charge in [0.1, 0.15) is 0 Å². The molecule has 4 nitrogen and oxygen atoms in total. The lowest BCUT2D eigenvalue weighted by Gasteiger charge is -2.33. The Morgan fingerprint density at radius 2 is 1.73 bits per heavy atom. The second-order valence-electron chi connectivity index (χ2n) is 3.73. The molecule has 1 heterocycles. The predicted octanol–water partition coefficient (Wildman–Crippen LogP) is 0.156. The Kier molecular flexibility index (Phi) is 3.33. The summed E-state index contributed by atoms with van der Waals surface area (Å²) in [5.74, 6) is 0. The van der Waals surface area contributed by atoms with Gasteiger partial charge in [-0.15, -0.1) is 0 Å². The van der Waals surface area contributed by atoms with Gasteiger partial charge < -0.3 is 14.9 Å². The first kappa shape index (κ1) is 10.6. The molecule has 0 spiro atoms. The van der Waals surface area contributed by atoms with E-state index in [9.17, 15) is 10.2 Å². The average Bonchev–Trinajstić information content (AvgIpc) is 2.17. The minimum absolute atomic E-state index is 0.436. The fraction of sp³-hybridized carbons (Fsp3) is 0.455. The Bertz CT molecular complexity index is 294. The first-order valence-corrected chi connectivity index (χ1v) is 5.02. The number of rotatable bonds is 2. The number of hydrogen-bond donors (Lipinski definition) is 2. The lowest BCUT2D eigenvalue weighted by Crippen LogP contribution is -2.46. The molecule has 2 rings (SSSR count). The zero-order valence-corrected chi connectivity index (χ0v) is 8.41. The molecule has 1 saturated heterocycles. The highest BCUT2D eigenvalue weighted by molar-refractivity contribution is 5.14. The summed E-state index contributed by atoms with van der Waals surface area (Å²) in [4.78, 5) is 1.97. The van der Waals surface area contributed by atoms with Gasteiger partial charge in [0.15, 0.2) is 12.6 Å². The van der Waals surface area contributed by atoms with E-state index in [-0.39, 0.29) is 0 Å². The largest absolute Gasteiger partial charge is 0.367 e. The molecule has 1 aliphatic heterocycles. The number of benzene rings is 1. The van der Waals surface area contributed by atoms with Crippen LogP contribution in [0.5, 0.6) is 0 Å². The van der Waals surface area contributed by atoms with Crippen molar-refractivity contribution in [3.63, 3.8) is 0 Å². The van der Waals surface area contributed by atoms with Crippen LogP contribution >= 0.6 is 0 Å². The molecule has 0 amide bonds. The molecule has 15 heavy (non-hydrogen) atoms. The van der Waals surface area contributed by atoms with Crippen LogP contribution in [0.4, 0.5) is 0 Å². The van der Waals surface area contributed by atoms with Crippen molar-refractivity contribution in [3.05, 3.63) is 35.9 Å². The summed E-state index contributed by atoms with van der Waals surface area (Å²) >= 11 is 0. The maximum Gasteiger partial charge on any atom is 0.170 e. The molecular formula is C11H15NO3. The van der Waals surface area contributed by atoms with E-state index in [2.05, 4.69) is 0 Å². The Morgan fingerprint density at radius 3 is 2.33 bits per heavy atom. The maximum absolute atomic E-state index is 9.30. The molecular weight excluding hydrogens is 194 g/mol. The SMILES string of the molecule is O[C@@H]1CN(Cc2ccccc2)C[C@H](O)O1. The van der Waals surface area contributed by atoms with Gasteiger partial charge in [-0.1, -0.05) is 30.3 Å². The molecule has 0 unspecified atom stereocenters. The summed E-state index contributed by atoms with van der Waals surface area (Å²) in [7, 11) is 0. The minimum Gasteiger partial charge on any atom is -0.367 e. The zero-order valence-electron chi connectivity index (χ0n) is 8.41. The van der Waals surface area contributed by atoms with Crippen LogP contribution in [0.3, 0.4) is 0 Å². The summed E-state index contributed by atoms with van der Waals surface area (Å²) in [6.45, 7) is 1.59. The lowest BCUT2D eigenvalue weighted by molar-refractivity contribution is -0.249. The van der Waals surface area contributed by atoms with Gasteiger partial charge in [0, 0.05) is 19.6 Å². The van der Waals surface area contributed by atoms with E-state index in [0.717, 1.165) is 6.54 Å². The van der Waals surface area contributed by atoms with Crippen molar-refractivity contribution in [3.8, 4) is 0 Å². The third-order valence-corrected chi connectivity index (χ3v) is 2.39. The van der Waals surface area contributed by atoms with Crippen molar-refractivity contribution >= 4 is 0 Å². The molecule has 1 aromatic carbocycles. The van der Waals surface area contributed by atoms with Gasteiger partial charge in [-0.3, -0.25) is 4.90 Å². The Hall–Kier alpha value is -0.940. The van der Waals surface area contributed by atoms with Gasteiger partial charge >= 0.3 is 0 Å². The molecule has 82 valence electrons. The molecule has 1 fully saturated rings. The molecule has 0 radical (unpaired) electrons. The van der Waals surface area contributed by atoms with Crippen molar-refractivity contribution < 1.29 is 14.9 Å². The highest BCUT2D eigenvalue weighted by atomic mass is 16.7. The van der Waals surface area contributed by atoms with Gasteiger partial charge in [-0.2, -0.15) is 0 Å². The molecule has 1 aliphatic rings. The Balaban J connectivity index is 1.94. The second kappa shape index (κ2) is 4.72. The molecule has 2 N–H and O–H groups in total. The van der Waals surface area contributed by atoms with E-state index >= 15 is 0 Å². The van der Waals surface area contributed by atoms with Crippen LogP contribution in [0.1, 0.15) is 5.56 Å². The highest BCUT2D eigenvalue weighted by Gasteiger charge is 2.24. The van der Waals surface area contributed by atoms with E-state index in [1.165, 1.54) is 5.56 Å². The van der Waals surface area contributed by atoms with Crippen LogP contribution in [0.15, 0.2) is 30.3 Å². The Labute approximate surface area is 88.7 Å². The van der Waals surface area contributed by atoms with Crippen LogP contribution < -0.4 is 0 Å². The number of morpholine rings is 1. The van der Waals surface area contributed by atoms with Crippen molar-refractivity contribution in [1.82, 2.24) is 4.90 Å². The summed E-state index contributed by atoms with van der Waals surface area (Å²) < 4.78 is 4.82. The van der Waals surface area contributed by atoms with E-state index < -0.39 is 12.6 Å². The summed E-state index contributed by atoms with van der Waals surface area (Å²) in [6.07, 6.45) is -1.78. The van der Waals surface area contributed by atoms with E-state index in [1.54, 1.807) is 0 Å². The second-order valence-corrected chi connectivity index (χ2v) is 3.73.